The summed E-state index contributed by atoms with van der Waals surface area (Å²) < 4.78 is 0. The average Bonchev–Trinajstić information content (AvgIpc) is 2.47. The van der Waals surface area contributed by atoms with Crippen molar-refractivity contribution in [2.75, 3.05) is 18.0 Å². The molecular weight excluding hydrogens is 232 g/mol. The third-order valence-electron chi connectivity index (χ3n) is 3.69. The molecule has 0 radical (unpaired) electrons. The molecule has 0 saturated carbocycles. The summed E-state index contributed by atoms with van der Waals surface area (Å²) in [6.07, 6.45) is 6.03. The minimum absolute atomic E-state index is 0.175. The van der Waals surface area contributed by atoms with Gasteiger partial charge in [0.1, 0.15) is 0 Å². The van der Waals surface area contributed by atoms with Gasteiger partial charge in [-0.15, -0.1) is 0 Å². The maximum absolute atomic E-state index is 6.07. The Hall–Kier alpha value is -1.02. The minimum Gasteiger partial charge on any atom is -0.372 e. The molecule has 0 bridgehead atoms. The summed E-state index contributed by atoms with van der Waals surface area (Å²) in [6, 6.07) is 9.02. The molecule has 0 spiro atoms. The Morgan fingerprint density at radius 3 is 1.89 bits per heavy atom. The zero-order valence-electron chi connectivity index (χ0n) is 12.9. The maximum Gasteiger partial charge on any atom is 0.0366 e. The number of benzene rings is 1. The number of hydrogen-bond acceptors (Lipinski definition) is 2. The van der Waals surface area contributed by atoms with Crippen molar-refractivity contribution in [2.24, 2.45) is 5.73 Å². The van der Waals surface area contributed by atoms with Gasteiger partial charge in [0, 0.05) is 24.8 Å². The lowest BCUT2D eigenvalue weighted by Gasteiger charge is -2.25. The van der Waals surface area contributed by atoms with Crippen molar-refractivity contribution in [3.8, 4) is 0 Å². The predicted molar refractivity (Wildman–Crippen MR) is 85.7 cm³/mol. The van der Waals surface area contributed by atoms with Crippen LogP contribution in [0.2, 0.25) is 0 Å². The highest BCUT2D eigenvalue weighted by molar-refractivity contribution is 5.48. The molecule has 1 atom stereocenters. The highest BCUT2D eigenvalue weighted by atomic mass is 15.1. The minimum atomic E-state index is 0.175. The van der Waals surface area contributed by atoms with Gasteiger partial charge in [-0.1, -0.05) is 45.7 Å². The van der Waals surface area contributed by atoms with E-state index in [4.69, 9.17) is 5.73 Å². The van der Waals surface area contributed by atoms with Crippen LogP contribution in [0.25, 0.3) is 0 Å². The number of unbranched alkanes of at least 4 members (excludes halogenated alkanes) is 2. The first-order valence-electron chi connectivity index (χ1n) is 7.83. The van der Waals surface area contributed by atoms with E-state index in [0.29, 0.717) is 0 Å². The van der Waals surface area contributed by atoms with Gasteiger partial charge < -0.3 is 10.6 Å². The van der Waals surface area contributed by atoms with Gasteiger partial charge >= 0.3 is 0 Å². The van der Waals surface area contributed by atoms with Crippen LogP contribution in [0.1, 0.15) is 64.5 Å². The van der Waals surface area contributed by atoms with E-state index in [1.165, 1.54) is 36.9 Å². The molecule has 0 aromatic heterocycles. The average molecular weight is 262 g/mol. The maximum atomic E-state index is 6.07. The molecule has 108 valence electrons. The number of hydrogen-bond donors (Lipinski definition) is 1. The SMILES string of the molecule is CCCCN(CCCC)c1ccc([C@@H](N)CC)cc1. The van der Waals surface area contributed by atoms with E-state index >= 15 is 0 Å². The molecule has 0 aliphatic rings. The van der Waals surface area contributed by atoms with Crippen LogP contribution in [0.15, 0.2) is 24.3 Å². The molecule has 19 heavy (non-hydrogen) atoms. The quantitative estimate of drug-likeness (QED) is 0.710. The first-order valence-corrected chi connectivity index (χ1v) is 7.83. The molecule has 1 aromatic rings. The lowest BCUT2D eigenvalue weighted by Crippen LogP contribution is -2.25. The Morgan fingerprint density at radius 2 is 1.47 bits per heavy atom. The molecule has 0 aliphatic heterocycles. The third-order valence-corrected chi connectivity index (χ3v) is 3.69. The van der Waals surface area contributed by atoms with Crippen LogP contribution < -0.4 is 10.6 Å². The lowest BCUT2D eigenvalue weighted by molar-refractivity contribution is 0.676. The summed E-state index contributed by atoms with van der Waals surface area (Å²) >= 11 is 0. The van der Waals surface area contributed by atoms with Gasteiger partial charge in [-0.05, 0) is 37.0 Å². The Labute approximate surface area is 119 Å². The van der Waals surface area contributed by atoms with E-state index < -0.39 is 0 Å². The van der Waals surface area contributed by atoms with Gasteiger partial charge in [-0.2, -0.15) is 0 Å². The predicted octanol–water partition coefficient (Wildman–Crippen LogP) is 4.50. The number of rotatable bonds is 9. The van der Waals surface area contributed by atoms with Crippen LogP contribution in [0.5, 0.6) is 0 Å². The number of anilines is 1. The molecule has 0 amide bonds. The summed E-state index contributed by atoms with van der Waals surface area (Å²) in [5, 5.41) is 0. The van der Waals surface area contributed by atoms with Crippen molar-refractivity contribution in [2.45, 2.75) is 58.9 Å². The Morgan fingerprint density at radius 1 is 0.947 bits per heavy atom. The van der Waals surface area contributed by atoms with Gasteiger partial charge in [0.05, 0.1) is 0 Å². The lowest BCUT2D eigenvalue weighted by atomic mass is 10.0. The monoisotopic (exact) mass is 262 g/mol. The standard InChI is InChI=1S/C17H30N2/c1-4-7-13-19(14-8-5-2)16-11-9-15(10-12-16)17(18)6-3/h9-12,17H,4-8,13-14,18H2,1-3H3/t17-/m0/s1. The van der Waals surface area contributed by atoms with E-state index in [0.717, 1.165) is 19.5 Å². The van der Waals surface area contributed by atoms with E-state index in [9.17, 15) is 0 Å². The highest BCUT2D eigenvalue weighted by Gasteiger charge is 2.07. The van der Waals surface area contributed by atoms with Gasteiger partial charge in [0.2, 0.25) is 0 Å². The molecule has 1 aromatic carbocycles. The van der Waals surface area contributed by atoms with Crippen molar-refractivity contribution in [1.82, 2.24) is 0 Å². The Bertz CT molecular complexity index is 324. The molecule has 1 rings (SSSR count). The van der Waals surface area contributed by atoms with Crippen LogP contribution in [-0.4, -0.2) is 13.1 Å². The number of nitrogens with zero attached hydrogens (tertiary/aromatic N) is 1. The molecule has 0 fully saturated rings. The largest absolute Gasteiger partial charge is 0.372 e. The molecule has 2 N–H and O–H groups in total. The van der Waals surface area contributed by atoms with Crippen LogP contribution in [0, 0.1) is 0 Å². The molecule has 2 nitrogen and oxygen atoms in total. The second-order valence-corrected chi connectivity index (χ2v) is 5.30. The normalized spacial score (nSPS) is 12.4. The first kappa shape index (κ1) is 16.0. The fourth-order valence-corrected chi connectivity index (χ4v) is 2.24. The molecule has 0 saturated heterocycles. The summed E-state index contributed by atoms with van der Waals surface area (Å²) in [6.45, 7) is 8.96. The molecule has 2 heteroatoms. The zero-order chi connectivity index (χ0) is 14.1. The highest BCUT2D eigenvalue weighted by Crippen LogP contribution is 2.20. The van der Waals surface area contributed by atoms with Crippen molar-refractivity contribution in [3.05, 3.63) is 29.8 Å². The van der Waals surface area contributed by atoms with Gasteiger partial charge in [0.15, 0.2) is 0 Å². The van der Waals surface area contributed by atoms with Gasteiger partial charge in [-0.3, -0.25) is 0 Å². The molecule has 0 aliphatic carbocycles. The van der Waals surface area contributed by atoms with Crippen LogP contribution in [0.4, 0.5) is 5.69 Å². The van der Waals surface area contributed by atoms with Gasteiger partial charge in [0.25, 0.3) is 0 Å². The summed E-state index contributed by atoms with van der Waals surface area (Å²) in [4.78, 5) is 2.51. The Balaban J connectivity index is 2.71. The van der Waals surface area contributed by atoms with Crippen molar-refractivity contribution in [3.63, 3.8) is 0 Å². The topological polar surface area (TPSA) is 29.3 Å². The molecule has 0 unspecified atom stereocenters. The van der Waals surface area contributed by atoms with E-state index in [1.54, 1.807) is 0 Å². The Kier molecular flexibility index (Phi) is 7.57. The number of nitrogens with two attached hydrogens (primary N) is 1. The third kappa shape index (κ3) is 5.23. The smallest absolute Gasteiger partial charge is 0.0366 e. The molecule has 0 heterocycles. The van der Waals surface area contributed by atoms with Crippen molar-refractivity contribution >= 4 is 5.69 Å². The van der Waals surface area contributed by atoms with E-state index in [2.05, 4.69) is 49.9 Å². The van der Waals surface area contributed by atoms with Crippen LogP contribution in [-0.2, 0) is 0 Å². The molecular formula is C17H30N2. The second-order valence-electron chi connectivity index (χ2n) is 5.30. The fraction of sp³-hybridized carbons (Fsp3) is 0.647. The van der Waals surface area contributed by atoms with E-state index in [-0.39, 0.29) is 6.04 Å². The first-order chi connectivity index (χ1) is 9.22. The van der Waals surface area contributed by atoms with Crippen molar-refractivity contribution in [1.29, 1.82) is 0 Å². The zero-order valence-corrected chi connectivity index (χ0v) is 12.9. The summed E-state index contributed by atoms with van der Waals surface area (Å²) in [5.41, 5.74) is 8.66. The van der Waals surface area contributed by atoms with Crippen LogP contribution in [0.3, 0.4) is 0 Å². The second kappa shape index (κ2) is 8.98. The van der Waals surface area contributed by atoms with Crippen LogP contribution >= 0.6 is 0 Å². The van der Waals surface area contributed by atoms with E-state index in [1.807, 2.05) is 0 Å². The fourth-order valence-electron chi connectivity index (χ4n) is 2.24. The van der Waals surface area contributed by atoms with Crippen molar-refractivity contribution < 1.29 is 0 Å². The summed E-state index contributed by atoms with van der Waals surface area (Å²) in [7, 11) is 0. The summed E-state index contributed by atoms with van der Waals surface area (Å²) in [5.74, 6) is 0. The van der Waals surface area contributed by atoms with Gasteiger partial charge in [-0.25, -0.2) is 0 Å².